The van der Waals surface area contributed by atoms with Gasteiger partial charge in [-0.2, -0.15) is 0 Å². The molecule has 1 fully saturated rings. The highest BCUT2D eigenvalue weighted by Crippen LogP contribution is 2.24. The Morgan fingerprint density at radius 1 is 1.29 bits per heavy atom. The van der Waals surface area contributed by atoms with Crippen LogP contribution >= 0.6 is 11.6 Å². The summed E-state index contributed by atoms with van der Waals surface area (Å²) in [5.41, 5.74) is 1.89. The first-order valence-corrected chi connectivity index (χ1v) is 8.56. The summed E-state index contributed by atoms with van der Waals surface area (Å²) in [7, 11) is 0. The molecule has 3 rings (SSSR count). The molecular formula is C18H21ClN4O. The molecule has 1 aromatic carbocycles. The Morgan fingerprint density at radius 2 is 2.04 bits per heavy atom. The van der Waals surface area contributed by atoms with Gasteiger partial charge in [0.2, 0.25) is 0 Å². The molecule has 0 atom stereocenters. The van der Waals surface area contributed by atoms with E-state index in [-0.39, 0.29) is 5.91 Å². The van der Waals surface area contributed by atoms with Crippen LogP contribution in [-0.4, -0.2) is 29.0 Å². The van der Waals surface area contributed by atoms with E-state index in [9.17, 15) is 4.79 Å². The Labute approximate surface area is 147 Å². The van der Waals surface area contributed by atoms with Gasteiger partial charge >= 0.3 is 0 Å². The molecule has 1 saturated heterocycles. The average Bonchev–Trinajstić information content (AvgIpc) is 2.60. The predicted molar refractivity (Wildman–Crippen MR) is 96.8 cm³/mol. The molecule has 6 heteroatoms. The first-order valence-electron chi connectivity index (χ1n) is 8.18. The van der Waals surface area contributed by atoms with Gasteiger partial charge in [-0.25, -0.2) is 9.97 Å². The van der Waals surface area contributed by atoms with Crippen molar-refractivity contribution in [1.29, 1.82) is 0 Å². The lowest BCUT2D eigenvalue weighted by Gasteiger charge is -2.31. The maximum absolute atomic E-state index is 12.5. The second-order valence-electron chi connectivity index (χ2n) is 6.30. The van der Waals surface area contributed by atoms with Crippen LogP contribution in [0.15, 0.2) is 30.6 Å². The van der Waals surface area contributed by atoms with Crippen LogP contribution < -0.4 is 10.2 Å². The van der Waals surface area contributed by atoms with E-state index in [1.165, 1.54) is 6.33 Å². The summed E-state index contributed by atoms with van der Waals surface area (Å²) in [6, 6.07) is 7.19. The third kappa shape index (κ3) is 3.67. The summed E-state index contributed by atoms with van der Waals surface area (Å²) >= 11 is 6.10. The number of carbonyl (C=O) groups excluding carboxylic acids is 1. The van der Waals surface area contributed by atoms with Crippen molar-refractivity contribution in [3.05, 3.63) is 46.9 Å². The summed E-state index contributed by atoms with van der Waals surface area (Å²) in [4.78, 5) is 23.2. The van der Waals surface area contributed by atoms with Gasteiger partial charge in [-0.3, -0.25) is 4.79 Å². The minimum Gasteiger partial charge on any atom is -0.356 e. The monoisotopic (exact) mass is 344 g/mol. The molecule has 5 nitrogen and oxygen atoms in total. The minimum atomic E-state index is -0.255. The van der Waals surface area contributed by atoms with E-state index >= 15 is 0 Å². The van der Waals surface area contributed by atoms with Gasteiger partial charge in [0.25, 0.3) is 5.91 Å². The molecule has 126 valence electrons. The maximum atomic E-state index is 12.5. The fourth-order valence-electron chi connectivity index (χ4n) is 2.81. The number of carbonyl (C=O) groups is 1. The molecule has 0 radical (unpaired) electrons. The van der Waals surface area contributed by atoms with Crippen molar-refractivity contribution in [2.45, 2.75) is 26.7 Å². The molecule has 1 aliphatic rings. The number of halogens is 1. The number of nitrogens with zero attached hydrogens (tertiary/aromatic N) is 3. The van der Waals surface area contributed by atoms with Crippen molar-refractivity contribution in [2.24, 2.45) is 5.92 Å². The first-order chi connectivity index (χ1) is 11.5. The van der Waals surface area contributed by atoms with Crippen LogP contribution in [-0.2, 0) is 0 Å². The zero-order chi connectivity index (χ0) is 17.1. The Morgan fingerprint density at radius 3 is 2.79 bits per heavy atom. The third-order valence-corrected chi connectivity index (χ3v) is 4.92. The van der Waals surface area contributed by atoms with Gasteiger partial charge < -0.3 is 10.2 Å². The number of piperidine rings is 1. The van der Waals surface area contributed by atoms with Crippen LogP contribution in [0.25, 0.3) is 0 Å². The molecule has 1 aromatic heterocycles. The summed E-state index contributed by atoms with van der Waals surface area (Å²) in [6.07, 6.45) is 3.74. The lowest BCUT2D eigenvalue weighted by Crippen LogP contribution is -2.33. The molecule has 2 aromatic rings. The van der Waals surface area contributed by atoms with E-state index in [1.807, 2.05) is 19.1 Å². The highest BCUT2D eigenvalue weighted by atomic mass is 35.5. The summed E-state index contributed by atoms with van der Waals surface area (Å²) in [6.45, 7) is 6.07. The number of hydrogen-bond donors (Lipinski definition) is 1. The molecule has 2 heterocycles. The largest absolute Gasteiger partial charge is 0.356 e. The molecule has 1 amide bonds. The van der Waals surface area contributed by atoms with Gasteiger partial charge in [0.05, 0.1) is 0 Å². The van der Waals surface area contributed by atoms with Crippen molar-refractivity contribution in [3.8, 4) is 0 Å². The molecule has 0 aliphatic carbocycles. The van der Waals surface area contributed by atoms with Crippen LogP contribution in [0.3, 0.4) is 0 Å². The molecular weight excluding hydrogens is 324 g/mol. The van der Waals surface area contributed by atoms with Crippen LogP contribution in [0.1, 0.15) is 35.8 Å². The summed E-state index contributed by atoms with van der Waals surface area (Å²) in [5, 5.41) is 3.50. The summed E-state index contributed by atoms with van der Waals surface area (Å²) < 4.78 is 0. The number of nitrogens with one attached hydrogen (secondary N) is 1. The number of rotatable bonds is 3. The normalized spacial score (nSPS) is 15.4. The Hall–Kier alpha value is -2.14. The zero-order valence-electron chi connectivity index (χ0n) is 13.9. The first kappa shape index (κ1) is 16.7. The van der Waals surface area contributed by atoms with Crippen molar-refractivity contribution < 1.29 is 4.79 Å². The van der Waals surface area contributed by atoms with Crippen molar-refractivity contribution in [2.75, 3.05) is 23.3 Å². The standard InChI is InChI=1S/C18H21ClN4O/c1-12-6-8-23(9-7-12)17-10-16(20-11-21-17)18(24)22-15-5-3-4-14(19)13(15)2/h3-5,10-12H,6-9H2,1-2H3,(H,22,24). The average molecular weight is 345 g/mol. The fourth-order valence-corrected chi connectivity index (χ4v) is 2.99. The second kappa shape index (κ2) is 7.18. The van der Waals surface area contributed by atoms with Gasteiger partial charge in [0.1, 0.15) is 17.8 Å². The number of hydrogen-bond acceptors (Lipinski definition) is 4. The van der Waals surface area contributed by atoms with Gasteiger partial charge in [0.15, 0.2) is 0 Å². The number of aromatic nitrogens is 2. The Bertz CT molecular complexity index is 742. The Kier molecular flexibility index (Phi) is 5.00. The molecule has 0 spiro atoms. The number of amides is 1. The zero-order valence-corrected chi connectivity index (χ0v) is 14.7. The van der Waals surface area contributed by atoms with E-state index < -0.39 is 0 Å². The van der Waals surface area contributed by atoms with Crippen LogP contribution in [0.4, 0.5) is 11.5 Å². The van der Waals surface area contributed by atoms with E-state index in [2.05, 4.69) is 27.1 Å². The summed E-state index contributed by atoms with van der Waals surface area (Å²) in [5.74, 6) is 1.30. The van der Waals surface area contributed by atoms with E-state index in [0.29, 0.717) is 16.4 Å². The van der Waals surface area contributed by atoms with Crippen LogP contribution in [0.5, 0.6) is 0 Å². The number of anilines is 2. The lowest BCUT2D eigenvalue weighted by atomic mass is 9.99. The second-order valence-corrected chi connectivity index (χ2v) is 6.70. The smallest absolute Gasteiger partial charge is 0.274 e. The SMILES string of the molecule is Cc1c(Cl)cccc1NC(=O)c1cc(N2CCC(C)CC2)ncn1. The van der Waals surface area contributed by atoms with Crippen molar-refractivity contribution >= 4 is 29.0 Å². The lowest BCUT2D eigenvalue weighted by molar-refractivity contribution is 0.102. The molecule has 1 aliphatic heterocycles. The van der Waals surface area contributed by atoms with Gasteiger partial charge in [-0.15, -0.1) is 0 Å². The van der Waals surface area contributed by atoms with Crippen molar-refractivity contribution in [1.82, 2.24) is 9.97 Å². The topological polar surface area (TPSA) is 58.1 Å². The molecule has 0 unspecified atom stereocenters. The minimum absolute atomic E-state index is 0.255. The molecule has 1 N–H and O–H groups in total. The Balaban J connectivity index is 1.76. The highest BCUT2D eigenvalue weighted by molar-refractivity contribution is 6.31. The van der Waals surface area contributed by atoms with Gasteiger partial charge in [-0.05, 0) is 43.4 Å². The fraction of sp³-hybridized carbons (Fsp3) is 0.389. The van der Waals surface area contributed by atoms with E-state index in [0.717, 1.165) is 43.2 Å². The quantitative estimate of drug-likeness (QED) is 0.916. The van der Waals surface area contributed by atoms with Crippen LogP contribution in [0.2, 0.25) is 5.02 Å². The molecule has 0 bridgehead atoms. The van der Waals surface area contributed by atoms with Gasteiger partial charge in [0, 0.05) is 29.9 Å². The van der Waals surface area contributed by atoms with E-state index in [1.54, 1.807) is 12.1 Å². The number of benzene rings is 1. The van der Waals surface area contributed by atoms with Crippen LogP contribution in [0, 0.1) is 12.8 Å². The van der Waals surface area contributed by atoms with Gasteiger partial charge in [-0.1, -0.05) is 24.6 Å². The maximum Gasteiger partial charge on any atom is 0.274 e. The highest BCUT2D eigenvalue weighted by Gasteiger charge is 2.19. The third-order valence-electron chi connectivity index (χ3n) is 4.51. The molecule has 0 saturated carbocycles. The van der Waals surface area contributed by atoms with Crippen molar-refractivity contribution in [3.63, 3.8) is 0 Å². The molecule has 24 heavy (non-hydrogen) atoms. The van der Waals surface area contributed by atoms with E-state index in [4.69, 9.17) is 11.6 Å². The predicted octanol–water partition coefficient (Wildman–Crippen LogP) is 3.93.